The van der Waals surface area contributed by atoms with Gasteiger partial charge in [0, 0.05) is 25.1 Å². The Morgan fingerprint density at radius 2 is 2.32 bits per heavy atom. The third kappa shape index (κ3) is 3.21. The fraction of sp³-hybridized carbons (Fsp3) is 0.455. The van der Waals surface area contributed by atoms with E-state index in [2.05, 4.69) is 0 Å². The van der Waals surface area contributed by atoms with Crippen LogP contribution in [-0.2, 0) is 0 Å². The zero-order valence-electron chi connectivity index (χ0n) is 10.5. The molecule has 102 valence electrons. The number of halogens is 1. The van der Waals surface area contributed by atoms with E-state index in [1.54, 1.807) is 0 Å². The Kier molecular flexibility index (Phi) is 4.01. The maximum atomic E-state index is 13.2. The van der Waals surface area contributed by atoms with E-state index in [9.17, 15) is 14.5 Å². The van der Waals surface area contributed by atoms with Crippen molar-refractivity contribution in [2.24, 2.45) is 0 Å². The number of aliphatic hydroxyl groups excluding tert-OH is 1. The molecule has 1 aliphatic heterocycles. The topological polar surface area (TPSA) is 75.8 Å². The lowest BCUT2D eigenvalue weighted by Gasteiger charge is -2.15. The Morgan fingerprint density at radius 3 is 2.89 bits per heavy atom. The first-order valence-corrected chi connectivity index (χ1v) is 5.92. The quantitative estimate of drug-likeness (QED) is 0.476. The van der Waals surface area contributed by atoms with E-state index < -0.39 is 10.7 Å². The minimum atomic E-state index is -0.700. The maximum absolute atomic E-state index is 13.2. The van der Waals surface area contributed by atoms with Gasteiger partial charge in [0.2, 0.25) is 0 Å². The Labute approximate surface area is 110 Å². The second kappa shape index (κ2) is 5.54. The smallest absolute Gasteiger partial charge is 0.276 e. The van der Waals surface area contributed by atoms with E-state index in [0.29, 0.717) is 13.0 Å². The van der Waals surface area contributed by atoms with Crippen molar-refractivity contribution >= 4 is 13.7 Å². The average Bonchev–Trinajstić information content (AvgIpc) is 2.68. The van der Waals surface area contributed by atoms with Crippen molar-refractivity contribution < 1.29 is 19.2 Å². The van der Waals surface area contributed by atoms with E-state index in [0.717, 1.165) is 12.1 Å². The Bertz CT molecular complexity index is 488. The maximum Gasteiger partial charge on any atom is 0.276 e. The van der Waals surface area contributed by atoms with Gasteiger partial charge in [-0.3, -0.25) is 10.1 Å². The molecule has 1 heterocycles. The number of hydrogen-bond acceptors (Lipinski definition) is 5. The van der Waals surface area contributed by atoms with Gasteiger partial charge in [0.05, 0.1) is 23.7 Å². The van der Waals surface area contributed by atoms with Crippen molar-refractivity contribution in [1.82, 2.24) is 4.81 Å². The summed E-state index contributed by atoms with van der Waals surface area (Å²) in [5.41, 5.74) is -0.333. The molecule has 2 rings (SSSR count). The molecular formula is C11H14BFN2O4. The van der Waals surface area contributed by atoms with E-state index >= 15 is 0 Å². The highest BCUT2D eigenvalue weighted by atomic mass is 19.1. The zero-order chi connectivity index (χ0) is 14.0. The van der Waals surface area contributed by atoms with E-state index in [1.807, 2.05) is 12.8 Å². The lowest BCUT2D eigenvalue weighted by Crippen LogP contribution is -2.29. The normalized spacial score (nSPS) is 23.5. The number of hydrogen-bond donors (Lipinski definition) is 1. The first kappa shape index (κ1) is 13.8. The van der Waals surface area contributed by atoms with Crippen LogP contribution in [0.25, 0.3) is 0 Å². The van der Waals surface area contributed by atoms with Gasteiger partial charge in [-0.2, -0.15) is 0 Å². The van der Waals surface area contributed by atoms with Crippen LogP contribution in [0.2, 0.25) is 0 Å². The zero-order valence-corrected chi connectivity index (χ0v) is 10.5. The molecule has 2 atom stereocenters. The summed E-state index contributed by atoms with van der Waals surface area (Å²) in [6.07, 6.45) is 0.403. The Balaban J connectivity index is 2.09. The van der Waals surface area contributed by atoms with Crippen LogP contribution in [0.3, 0.4) is 0 Å². The van der Waals surface area contributed by atoms with Crippen molar-refractivity contribution in [2.45, 2.75) is 18.6 Å². The van der Waals surface area contributed by atoms with Crippen molar-refractivity contribution in [3.63, 3.8) is 0 Å². The highest BCUT2D eigenvalue weighted by Crippen LogP contribution is 2.26. The summed E-state index contributed by atoms with van der Waals surface area (Å²) in [5, 5.41) is 19.8. The first-order valence-electron chi connectivity index (χ1n) is 5.92. The molecule has 19 heavy (non-hydrogen) atoms. The Hall–Kier alpha value is -1.67. The van der Waals surface area contributed by atoms with Crippen LogP contribution < -0.4 is 4.74 Å². The number of nitrogens with zero attached hydrogens (tertiary/aromatic N) is 2. The molecule has 1 fully saturated rings. The largest absolute Gasteiger partial charge is 0.489 e. The van der Waals surface area contributed by atoms with Crippen molar-refractivity contribution in [3.8, 4) is 5.75 Å². The number of nitro benzene ring substituents is 1. The second-order valence-corrected chi connectivity index (χ2v) is 4.65. The van der Waals surface area contributed by atoms with Crippen LogP contribution in [0.1, 0.15) is 6.42 Å². The number of rotatable bonds is 4. The van der Waals surface area contributed by atoms with Crippen LogP contribution in [0, 0.1) is 15.9 Å². The van der Waals surface area contributed by atoms with Crippen LogP contribution in [-0.4, -0.2) is 48.1 Å². The monoisotopic (exact) mass is 268 g/mol. The molecule has 0 spiro atoms. The van der Waals surface area contributed by atoms with Crippen LogP contribution in [0.4, 0.5) is 10.1 Å². The summed E-state index contributed by atoms with van der Waals surface area (Å²) in [6, 6.07) is 3.19. The molecule has 0 radical (unpaired) electrons. The van der Waals surface area contributed by atoms with Crippen molar-refractivity contribution in [1.29, 1.82) is 0 Å². The molecule has 8 heteroatoms. The molecule has 0 unspecified atom stereocenters. The standard InChI is InChI=1S/C11H14BFN2O4/c12-14-5-11(4-9(14)6-16)19-10-2-7(13)1-8(3-10)15(17)18/h1-3,9,11,16H,4-6,12H2/t9-,11+/m0/s1. The van der Waals surface area contributed by atoms with E-state index in [1.165, 1.54) is 6.07 Å². The van der Waals surface area contributed by atoms with Crippen LogP contribution >= 0.6 is 0 Å². The predicted molar refractivity (Wildman–Crippen MR) is 68.2 cm³/mol. The molecule has 0 bridgehead atoms. The Morgan fingerprint density at radius 1 is 1.58 bits per heavy atom. The SMILES string of the molecule is BN1C[C@H](Oc2cc(F)cc([N+](=O)[O-])c2)C[C@H]1CO. The molecule has 0 amide bonds. The summed E-state index contributed by atoms with van der Waals surface area (Å²) < 4.78 is 18.8. The van der Waals surface area contributed by atoms with Crippen molar-refractivity contribution in [3.05, 3.63) is 34.1 Å². The molecule has 0 aliphatic carbocycles. The highest BCUT2D eigenvalue weighted by molar-refractivity contribution is 6.04. The lowest BCUT2D eigenvalue weighted by molar-refractivity contribution is -0.385. The van der Waals surface area contributed by atoms with E-state index in [-0.39, 0.29) is 30.2 Å². The van der Waals surface area contributed by atoms with Gasteiger partial charge >= 0.3 is 0 Å². The molecule has 1 aliphatic rings. The van der Waals surface area contributed by atoms with Gasteiger partial charge in [-0.25, -0.2) is 4.39 Å². The second-order valence-electron chi connectivity index (χ2n) is 4.65. The third-order valence-corrected chi connectivity index (χ3v) is 3.23. The molecule has 1 aromatic rings. The summed E-state index contributed by atoms with van der Waals surface area (Å²) >= 11 is 0. The summed E-state index contributed by atoms with van der Waals surface area (Å²) in [4.78, 5) is 11.9. The number of ether oxygens (including phenoxy) is 1. The van der Waals surface area contributed by atoms with Crippen LogP contribution in [0.5, 0.6) is 5.75 Å². The molecular weight excluding hydrogens is 254 g/mol. The molecule has 1 N–H and O–H groups in total. The number of benzene rings is 1. The molecule has 6 nitrogen and oxygen atoms in total. The molecule has 1 saturated heterocycles. The van der Waals surface area contributed by atoms with Gasteiger partial charge in [-0.05, 0) is 0 Å². The fourth-order valence-electron chi connectivity index (χ4n) is 2.24. The van der Waals surface area contributed by atoms with Crippen molar-refractivity contribution in [2.75, 3.05) is 13.2 Å². The minimum absolute atomic E-state index is 0.00791. The van der Waals surface area contributed by atoms with E-state index in [4.69, 9.17) is 9.84 Å². The summed E-state index contributed by atoms with van der Waals surface area (Å²) in [6.45, 7) is 0.620. The van der Waals surface area contributed by atoms with Gasteiger partial charge in [0.1, 0.15) is 17.7 Å². The minimum Gasteiger partial charge on any atom is -0.489 e. The first-order chi connectivity index (χ1) is 8.99. The average molecular weight is 268 g/mol. The number of non-ortho nitro benzene ring substituents is 1. The van der Waals surface area contributed by atoms with Gasteiger partial charge in [-0.15, -0.1) is 0 Å². The van der Waals surface area contributed by atoms with Gasteiger partial charge in [-0.1, -0.05) is 0 Å². The molecule has 1 aromatic carbocycles. The van der Waals surface area contributed by atoms with Gasteiger partial charge < -0.3 is 14.7 Å². The third-order valence-electron chi connectivity index (χ3n) is 3.23. The number of aliphatic hydroxyl groups is 1. The van der Waals surface area contributed by atoms with Gasteiger partial charge in [0.25, 0.3) is 5.69 Å². The highest BCUT2D eigenvalue weighted by Gasteiger charge is 2.30. The molecule has 0 saturated carbocycles. The summed E-state index contributed by atoms with van der Waals surface area (Å²) in [7, 11) is 1.86. The molecule has 0 aromatic heterocycles. The summed E-state index contributed by atoms with van der Waals surface area (Å²) in [5.74, 6) is -0.557. The number of nitro groups is 1. The lowest BCUT2D eigenvalue weighted by atomic mass is 10.2. The van der Waals surface area contributed by atoms with Crippen LogP contribution in [0.15, 0.2) is 18.2 Å². The predicted octanol–water partition coefficient (Wildman–Crippen LogP) is 0.0960. The fourth-order valence-corrected chi connectivity index (χ4v) is 2.24. The van der Waals surface area contributed by atoms with Gasteiger partial charge in [0.15, 0.2) is 7.98 Å².